The minimum Gasteiger partial charge on any atom is -0.352 e. The molecule has 8 heteroatoms. The fourth-order valence-corrected chi connectivity index (χ4v) is 7.60. The first-order chi connectivity index (χ1) is 20.3. The first kappa shape index (κ1) is 27.8. The molecule has 1 atom stereocenters. The molecule has 214 valence electrons. The van der Waals surface area contributed by atoms with Crippen LogP contribution in [0.25, 0.3) is 22.3 Å². The van der Waals surface area contributed by atoms with Crippen LogP contribution in [0.2, 0.25) is 0 Å². The molecular formula is C34H34N4O3S. The molecule has 3 heterocycles. The number of benzene rings is 3. The number of nitrogens with zero attached hydrogens (tertiary/aromatic N) is 3. The molecule has 0 spiro atoms. The third-order valence-corrected chi connectivity index (χ3v) is 9.86. The van der Waals surface area contributed by atoms with Crippen molar-refractivity contribution in [1.29, 1.82) is 0 Å². The van der Waals surface area contributed by atoms with Crippen molar-refractivity contribution in [3.8, 4) is 11.3 Å². The highest BCUT2D eigenvalue weighted by Crippen LogP contribution is 2.33. The molecule has 0 saturated carbocycles. The van der Waals surface area contributed by atoms with E-state index in [0.29, 0.717) is 41.0 Å². The lowest BCUT2D eigenvalue weighted by atomic mass is 9.88. The number of carbonyl (C=O) groups excluding carboxylic acids is 1. The van der Waals surface area contributed by atoms with Crippen molar-refractivity contribution < 1.29 is 13.2 Å². The number of aryl methyl sites for hydroxylation is 2. The van der Waals surface area contributed by atoms with E-state index in [-0.39, 0.29) is 29.4 Å². The van der Waals surface area contributed by atoms with Crippen LogP contribution in [0.3, 0.4) is 0 Å². The summed E-state index contributed by atoms with van der Waals surface area (Å²) >= 11 is 0. The Morgan fingerprint density at radius 3 is 2.19 bits per heavy atom. The monoisotopic (exact) mass is 578 g/mol. The summed E-state index contributed by atoms with van der Waals surface area (Å²) in [5.41, 5.74) is 6.77. The van der Waals surface area contributed by atoms with Crippen LogP contribution in [0.1, 0.15) is 57.5 Å². The number of pyridine rings is 1. The van der Waals surface area contributed by atoms with E-state index in [2.05, 4.69) is 29.6 Å². The van der Waals surface area contributed by atoms with Gasteiger partial charge in [0.1, 0.15) is 0 Å². The van der Waals surface area contributed by atoms with E-state index < -0.39 is 9.84 Å². The molecule has 1 aliphatic rings. The average Bonchev–Trinajstić information content (AvgIpc) is 3.54. The van der Waals surface area contributed by atoms with Gasteiger partial charge in [-0.25, -0.2) is 18.1 Å². The summed E-state index contributed by atoms with van der Waals surface area (Å²) in [5.74, 6) is 0.105. The minimum absolute atomic E-state index is 0.0293. The van der Waals surface area contributed by atoms with Crippen molar-refractivity contribution in [3.63, 3.8) is 0 Å². The van der Waals surface area contributed by atoms with Gasteiger partial charge in [0.2, 0.25) is 0 Å². The number of aromatic nitrogens is 3. The lowest BCUT2D eigenvalue weighted by Crippen LogP contribution is -2.26. The quantitative estimate of drug-likeness (QED) is 0.243. The third-order valence-electron chi connectivity index (χ3n) is 8.11. The Bertz CT molecular complexity index is 1790. The van der Waals surface area contributed by atoms with Gasteiger partial charge in [-0.2, -0.15) is 5.10 Å². The summed E-state index contributed by atoms with van der Waals surface area (Å²) in [6.45, 7) is 4.36. The van der Waals surface area contributed by atoms with Crippen molar-refractivity contribution in [2.24, 2.45) is 0 Å². The molecule has 2 aromatic heterocycles. The Morgan fingerprint density at radius 2 is 1.60 bits per heavy atom. The predicted octanol–water partition coefficient (Wildman–Crippen LogP) is 6.03. The lowest BCUT2D eigenvalue weighted by molar-refractivity contribution is 0.0954. The zero-order chi connectivity index (χ0) is 29.3. The van der Waals surface area contributed by atoms with Crippen molar-refractivity contribution in [2.75, 3.05) is 18.1 Å². The Hall–Kier alpha value is -4.30. The number of sulfone groups is 1. The zero-order valence-electron chi connectivity index (χ0n) is 23.8. The first-order valence-electron chi connectivity index (χ1n) is 14.3. The highest BCUT2D eigenvalue weighted by Gasteiger charge is 2.32. The summed E-state index contributed by atoms with van der Waals surface area (Å²) in [7, 11) is -3.13. The highest BCUT2D eigenvalue weighted by atomic mass is 32.2. The largest absolute Gasteiger partial charge is 0.352 e. The maximum Gasteiger partial charge on any atom is 0.252 e. The van der Waals surface area contributed by atoms with Gasteiger partial charge in [-0.05, 0) is 43.9 Å². The highest BCUT2D eigenvalue weighted by molar-refractivity contribution is 7.91. The number of hydrogen-bond acceptors (Lipinski definition) is 5. The SMILES string of the molecule is Cc1ccc(-c2cc(C(=O)NCCC(c3ccccc3)c3ccccc3)c3c(C)nn(C4CCS(=O)(=O)C4)c3n2)cc1. The maximum absolute atomic E-state index is 13.9. The number of carbonyl (C=O) groups is 1. The van der Waals surface area contributed by atoms with Gasteiger partial charge >= 0.3 is 0 Å². The summed E-state index contributed by atoms with van der Waals surface area (Å²) < 4.78 is 26.3. The predicted molar refractivity (Wildman–Crippen MR) is 166 cm³/mol. The maximum atomic E-state index is 13.9. The Kier molecular flexibility index (Phi) is 7.64. The van der Waals surface area contributed by atoms with Crippen LogP contribution >= 0.6 is 0 Å². The minimum atomic E-state index is -3.13. The Morgan fingerprint density at radius 1 is 0.952 bits per heavy atom. The van der Waals surface area contributed by atoms with Crippen LogP contribution in [-0.4, -0.2) is 47.1 Å². The van der Waals surface area contributed by atoms with Gasteiger partial charge in [0.25, 0.3) is 5.91 Å². The van der Waals surface area contributed by atoms with E-state index in [4.69, 9.17) is 10.1 Å². The van der Waals surface area contributed by atoms with Crippen molar-refractivity contribution in [3.05, 3.63) is 119 Å². The van der Waals surface area contributed by atoms with E-state index in [1.807, 2.05) is 80.6 Å². The van der Waals surface area contributed by atoms with Crippen LogP contribution in [0.4, 0.5) is 0 Å². The summed E-state index contributed by atoms with van der Waals surface area (Å²) in [5, 5.41) is 8.56. The van der Waals surface area contributed by atoms with E-state index >= 15 is 0 Å². The summed E-state index contributed by atoms with van der Waals surface area (Å²) in [6.07, 6.45) is 1.22. The molecule has 1 aliphatic heterocycles. The van der Waals surface area contributed by atoms with Gasteiger partial charge in [-0.3, -0.25) is 4.79 Å². The van der Waals surface area contributed by atoms with Crippen LogP contribution in [0.15, 0.2) is 91.0 Å². The summed E-state index contributed by atoms with van der Waals surface area (Å²) in [6, 6.07) is 30.2. The number of rotatable bonds is 8. The van der Waals surface area contributed by atoms with Gasteiger partial charge in [-0.15, -0.1) is 0 Å². The molecule has 1 saturated heterocycles. The number of amides is 1. The van der Waals surface area contributed by atoms with Crippen LogP contribution in [-0.2, 0) is 9.84 Å². The summed E-state index contributed by atoms with van der Waals surface area (Å²) in [4.78, 5) is 18.8. The molecular weight excluding hydrogens is 544 g/mol. The van der Waals surface area contributed by atoms with E-state index in [0.717, 1.165) is 17.5 Å². The number of hydrogen-bond donors (Lipinski definition) is 1. The van der Waals surface area contributed by atoms with Crippen molar-refractivity contribution in [2.45, 2.75) is 38.6 Å². The average molecular weight is 579 g/mol. The molecule has 0 bridgehead atoms. The van der Waals surface area contributed by atoms with Gasteiger partial charge in [0.15, 0.2) is 15.5 Å². The molecule has 5 aromatic rings. The molecule has 1 unspecified atom stereocenters. The topological polar surface area (TPSA) is 94.0 Å². The zero-order valence-corrected chi connectivity index (χ0v) is 24.6. The second-order valence-electron chi connectivity index (χ2n) is 11.1. The van der Waals surface area contributed by atoms with Crippen molar-refractivity contribution in [1.82, 2.24) is 20.1 Å². The number of nitrogens with one attached hydrogen (secondary N) is 1. The van der Waals surface area contributed by atoms with E-state index in [1.54, 1.807) is 4.68 Å². The molecule has 0 aliphatic carbocycles. The molecule has 7 nitrogen and oxygen atoms in total. The fourth-order valence-electron chi connectivity index (χ4n) is 5.91. The van der Waals surface area contributed by atoms with Crippen molar-refractivity contribution >= 4 is 26.8 Å². The number of fused-ring (bicyclic) bond motifs is 1. The standard InChI is InChI=1S/C34H34N4O3S/c1-23-13-15-27(16-14-23)31-21-30(32-24(2)37-38(33(32)36-31)28-18-20-42(40,41)22-28)34(39)35-19-17-29(25-9-5-3-6-10-25)26-11-7-4-8-12-26/h3-16,21,28-29H,17-20,22H2,1-2H3,(H,35,39). The molecule has 42 heavy (non-hydrogen) atoms. The lowest BCUT2D eigenvalue weighted by Gasteiger charge is -2.19. The van der Waals surface area contributed by atoms with Crippen LogP contribution in [0.5, 0.6) is 0 Å². The van der Waals surface area contributed by atoms with Crippen LogP contribution < -0.4 is 5.32 Å². The second-order valence-corrected chi connectivity index (χ2v) is 13.4. The van der Waals surface area contributed by atoms with E-state index in [9.17, 15) is 13.2 Å². The first-order valence-corrected chi connectivity index (χ1v) is 16.2. The van der Waals surface area contributed by atoms with Gasteiger partial charge in [-0.1, -0.05) is 90.5 Å². The van der Waals surface area contributed by atoms with Crippen LogP contribution in [0, 0.1) is 13.8 Å². The fraction of sp³-hybridized carbons (Fsp3) is 0.265. The molecule has 1 amide bonds. The normalized spacial score (nSPS) is 16.2. The smallest absolute Gasteiger partial charge is 0.252 e. The molecule has 1 N–H and O–H groups in total. The molecule has 6 rings (SSSR count). The Labute approximate surface area is 246 Å². The second kappa shape index (κ2) is 11.5. The molecule has 3 aromatic carbocycles. The molecule has 1 fully saturated rings. The van der Waals surface area contributed by atoms with Gasteiger partial charge in [0.05, 0.1) is 39.9 Å². The molecule has 0 radical (unpaired) electrons. The third kappa shape index (κ3) is 5.72. The van der Waals surface area contributed by atoms with E-state index in [1.165, 1.54) is 11.1 Å². The van der Waals surface area contributed by atoms with Gasteiger partial charge < -0.3 is 5.32 Å². The van der Waals surface area contributed by atoms with Gasteiger partial charge in [0, 0.05) is 18.0 Å². The Balaban J connectivity index is 1.34.